The van der Waals surface area contributed by atoms with Gasteiger partial charge in [0.05, 0.1) is 0 Å². The number of alkyl halides is 4. The molecule has 0 aromatic rings. The van der Waals surface area contributed by atoms with Gasteiger partial charge < -0.3 is 30.6 Å². The van der Waals surface area contributed by atoms with Crippen molar-refractivity contribution in [3.8, 4) is 0 Å². The number of rotatable bonds is 12. The fourth-order valence-corrected chi connectivity index (χ4v) is 5.19. The first-order valence-electron chi connectivity index (χ1n) is 11.1. The molecular formula is C22H32Cl4O10. The second kappa shape index (κ2) is 11.8. The summed E-state index contributed by atoms with van der Waals surface area (Å²) in [4.78, 5) is 53.3. The standard InChI is InChI=1S/C22H32Cl4O10/c1-9(23)5-13(27)19(33)17(31)18(32)20(34,14(28)6-10(2)24)22(36,16(30)8-12(4)26)21(19,35)15(29)7-11(3)25/h9-12,17-18,31-36H,5-8H2,1-4H3/t9?,10?,11?,12?,17-,18-,19-,20-,21+,22+/m1/s1. The number of Topliss-reactive ketones (excluding diaryl/α,β-unsaturated/α-hetero) is 4. The van der Waals surface area contributed by atoms with Crippen LogP contribution in [0.25, 0.3) is 0 Å². The Morgan fingerprint density at radius 2 is 0.750 bits per heavy atom. The first kappa shape index (κ1) is 33.6. The fourth-order valence-electron chi connectivity index (χ4n) is 4.63. The van der Waals surface area contributed by atoms with Crippen LogP contribution in [0.5, 0.6) is 0 Å². The molecule has 0 aromatic heterocycles. The molecule has 0 spiro atoms. The second-order valence-corrected chi connectivity index (χ2v) is 12.5. The van der Waals surface area contributed by atoms with E-state index in [4.69, 9.17) is 46.4 Å². The monoisotopic (exact) mass is 596 g/mol. The second-order valence-electron chi connectivity index (χ2n) is 9.48. The number of hydrogen-bond acceptors (Lipinski definition) is 10. The SMILES string of the molecule is CC(Cl)CC(=O)[C@@]1(O)[C@](O)(C(=O)CC(C)Cl)[C@@](O)(C(=O)CC(C)Cl)[C@H](O)[C@@H](O)[C@]1(O)C(=O)CC(C)Cl. The van der Waals surface area contributed by atoms with Gasteiger partial charge in [-0.3, -0.25) is 19.2 Å². The molecule has 1 fully saturated rings. The number of carbonyl (C=O) groups excluding carboxylic acids is 4. The third-order valence-corrected chi connectivity index (χ3v) is 6.92. The van der Waals surface area contributed by atoms with Crippen molar-refractivity contribution in [3.63, 3.8) is 0 Å². The van der Waals surface area contributed by atoms with Crippen LogP contribution in [0.4, 0.5) is 0 Å². The number of carbonyl (C=O) groups is 4. The van der Waals surface area contributed by atoms with Crippen molar-refractivity contribution in [1.82, 2.24) is 0 Å². The zero-order chi connectivity index (χ0) is 28.6. The Kier molecular flexibility index (Phi) is 11.0. The van der Waals surface area contributed by atoms with Gasteiger partial charge in [-0.25, -0.2) is 0 Å². The number of ketones is 4. The highest BCUT2D eigenvalue weighted by atomic mass is 35.5. The van der Waals surface area contributed by atoms with Crippen molar-refractivity contribution in [2.75, 3.05) is 0 Å². The maximum Gasteiger partial charge on any atom is 0.201 e. The van der Waals surface area contributed by atoms with Gasteiger partial charge in [0.25, 0.3) is 0 Å². The van der Waals surface area contributed by atoms with Gasteiger partial charge in [0, 0.05) is 47.2 Å². The van der Waals surface area contributed by atoms with Crippen molar-refractivity contribution in [2.45, 2.75) is 109 Å². The van der Waals surface area contributed by atoms with E-state index in [1.54, 1.807) is 0 Å². The van der Waals surface area contributed by atoms with E-state index in [1.807, 2.05) is 0 Å². The molecule has 14 heteroatoms. The van der Waals surface area contributed by atoms with Crippen molar-refractivity contribution in [3.05, 3.63) is 0 Å². The molecule has 1 aliphatic rings. The van der Waals surface area contributed by atoms with Gasteiger partial charge in [-0.1, -0.05) is 0 Å². The van der Waals surface area contributed by atoms with Gasteiger partial charge in [-0.05, 0) is 27.7 Å². The first-order valence-corrected chi connectivity index (χ1v) is 12.9. The molecule has 1 rings (SSSR count). The lowest BCUT2D eigenvalue weighted by Crippen LogP contribution is -2.94. The highest BCUT2D eigenvalue weighted by Gasteiger charge is 2.86. The van der Waals surface area contributed by atoms with Crippen LogP contribution in [0.15, 0.2) is 0 Å². The van der Waals surface area contributed by atoms with Crippen LogP contribution in [0, 0.1) is 0 Å². The van der Waals surface area contributed by atoms with Crippen LogP contribution in [-0.4, -0.2) is 110 Å². The minimum Gasteiger partial charge on any atom is -0.387 e. The summed E-state index contributed by atoms with van der Waals surface area (Å²) in [5.74, 6) is -6.51. The Bertz CT molecular complexity index is 811. The van der Waals surface area contributed by atoms with Gasteiger partial charge >= 0.3 is 0 Å². The molecule has 0 bridgehead atoms. The highest BCUT2D eigenvalue weighted by molar-refractivity contribution is 6.25. The average molecular weight is 598 g/mol. The van der Waals surface area contributed by atoms with Crippen molar-refractivity contribution in [1.29, 1.82) is 0 Å². The van der Waals surface area contributed by atoms with Crippen LogP contribution in [0.3, 0.4) is 0 Å². The molecule has 0 amide bonds. The van der Waals surface area contributed by atoms with E-state index in [2.05, 4.69) is 0 Å². The predicted molar refractivity (Wildman–Crippen MR) is 132 cm³/mol. The molecule has 10 atom stereocenters. The summed E-state index contributed by atoms with van der Waals surface area (Å²) in [7, 11) is 0. The Hall–Kier alpha value is -0.400. The summed E-state index contributed by atoms with van der Waals surface area (Å²) in [6, 6.07) is 0. The van der Waals surface area contributed by atoms with E-state index in [0.717, 1.165) is 0 Å². The zero-order valence-electron chi connectivity index (χ0n) is 20.1. The molecule has 4 unspecified atom stereocenters. The Morgan fingerprint density at radius 1 is 0.556 bits per heavy atom. The molecule has 6 N–H and O–H groups in total. The van der Waals surface area contributed by atoms with E-state index in [0.29, 0.717) is 0 Å². The normalized spacial score (nSPS) is 38.1. The fraction of sp³-hybridized carbons (Fsp3) is 0.818. The quantitative estimate of drug-likeness (QED) is 0.167. The van der Waals surface area contributed by atoms with Crippen molar-refractivity contribution < 1.29 is 49.8 Å². The van der Waals surface area contributed by atoms with Gasteiger partial charge in [0.15, 0.2) is 34.3 Å². The summed E-state index contributed by atoms with van der Waals surface area (Å²) >= 11 is 23.4. The lowest BCUT2D eigenvalue weighted by atomic mass is 9.48. The Morgan fingerprint density at radius 3 is 0.944 bits per heavy atom. The van der Waals surface area contributed by atoms with Crippen LogP contribution in [-0.2, 0) is 19.2 Å². The summed E-state index contributed by atoms with van der Waals surface area (Å²) in [6.45, 7) is 5.08. The van der Waals surface area contributed by atoms with Gasteiger partial charge in [-0.15, -0.1) is 46.4 Å². The largest absolute Gasteiger partial charge is 0.387 e. The van der Waals surface area contributed by atoms with Crippen LogP contribution >= 0.6 is 46.4 Å². The lowest BCUT2D eigenvalue weighted by Gasteiger charge is -2.62. The molecule has 1 aliphatic carbocycles. The minimum absolute atomic E-state index is 0.838. The average Bonchev–Trinajstić information content (AvgIpc) is 2.72. The number of halogens is 4. The van der Waals surface area contributed by atoms with Crippen LogP contribution < -0.4 is 0 Å². The molecule has 1 saturated carbocycles. The van der Waals surface area contributed by atoms with Crippen LogP contribution in [0.2, 0.25) is 0 Å². The van der Waals surface area contributed by atoms with Crippen molar-refractivity contribution in [2.24, 2.45) is 0 Å². The lowest BCUT2D eigenvalue weighted by molar-refractivity contribution is -0.336. The highest BCUT2D eigenvalue weighted by Crippen LogP contribution is 2.53. The topological polar surface area (TPSA) is 190 Å². The summed E-state index contributed by atoms with van der Waals surface area (Å²) < 4.78 is 0. The Balaban J connectivity index is 4.27. The summed E-state index contributed by atoms with van der Waals surface area (Å²) in [6.07, 6.45) is -9.46. The molecule has 10 nitrogen and oxygen atoms in total. The molecule has 36 heavy (non-hydrogen) atoms. The molecule has 0 aliphatic heterocycles. The maximum absolute atomic E-state index is 13.5. The molecule has 0 heterocycles. The minimum atomic E-state index is -4.10. The van der Waals surface area contributed by atoms with Gasteiger partial charge in [-0.2, -0.15) is 0 Å². The molecule has 208 valence electrons. The molecule has 0 saturated heterocycles. The molecule has 0 aromatic carbocycles. The third kappa shape index (κ3) is 5.23. The summed E-state index contributed by atoms with van der Waals surface area (Å²) in [5.41, 5.74) is -15.9. The summed E-state index contributed by atoms with van der Waals surface area (Å²) in [5, 5.41) is 64.2. The maximum atomic E-state index is 13.5. The van der Waals surface area contributed by atoms with Gasteiger partial charge in [0.2, 0.25) is 11.2 Å². The van der Waals surface area contributed by atoms with E-state index >= 15 is 0 Å². The Labute approximate surface area is 228 Å². The smallest absolute Gasteiger partial charge is 0.201 e. The first-order chi connectivity index (χ1) is 16.2. The van der Waals surface area contributed by atoms with Gasteiger partial charge in [0.1, 0.15) is 12.2 Å². The van der Waals surface area contributed by atoms with Crippen LogP contribution in [0.1, 0.15) is 53.4 Å². The number of hydrogen-bond donors (Lipinski definition) is 6. The van der Waals surface area contributed by atoms with E-state index in [-0.39, 0.29) is 0 Å². The van der Waals surface area contributed by atoms with E-state index < -0.39 is 105 Å². The van der Waals surface area contributed by atoms with Crippen molar-refractivity contribution >= 4 is 69.5 Å². The zero-order valence-corrected chi connectivity index (χ0v) is 23.1. The van der Waals surface area contributed by atoms with E-state index in [1.165, 1.54) is 27.7 Å². The third-order valence-electron chi connectivity index (χ3n) is 6.31. The predicted octanol–water partition coefficient (Wildman–Crippen LogP) is -0.00780. The molecular weight excluding hydrogens is 566 g/mol. The van der Waals surface area contributed by atoms with E-state index in [9.17, 15) is 49.8 Å². The molecule has 0 radical (unpaired) electrons. The number of aliphatic hydroxyl groups excluding tert-OH is 2. The number of aliphatic hydroxyl groups is 6.